The fourth-order valence-electron chi connectivity index (χ4n) is 0.489. The Hall–Kier alpha value is -0.580. The van der Waals surface area contributed by atoms with Crippen LogP contribution in [0.25, 0.3) is 0 Å². The van der Waals surface area contributed by atoms with Crippen molar-refractivity contribution in [2.45, 2.75) is 0 Å². The average Bonchev–Trinajstić information content (AvgIpc) is 1.84. The summed E-state index contributed by atoms with van der Waals surface area (Å²) < 4.78 is 1.15. The summed E-state index contributed by atoms with van der Waals surface area (Å²) in [5, 5.41) is 1.49. The van der Waals surface area contributed by atoms with Gasteiger partial charge < -0.3 is 5.73 Å². The molecular formula is C4H6Cl2N4. The minimum atomic E-state index is 0.304. The van der Waals surface area contributed by atoms with E-state index >= 15 is 0 Å². The fraction of sp³-hybridized carbons (Fsp3) is 0. The van der Waals surface area contributed by atoms with Crippen molar-refractivity contribution in [3.63, 3.8) is 0 Å². The summed E-state index contributed by atoms with van der Waals surface area (Å²) in [6.45, 7) is 0. The van der Waals surface area contributed by atoms with E-state index in [4.69, 9.17) is 35.0 Å². The van der Waals surface area contributed by atoms with Crippen molar-refractivity contribution in [3.05, 3.63) is 23.4 Å². The minimum absolute atomic E-state index is 0.304. The lowest BCUT2D eigenvalue weighted by Gasteiger charge is -2.22. The molecule has 1 aliphatic heterocycles. The van der Waals surface area contributed by atoms with Gasteiger partial charge in [0, 0.05) is 11.8 Å². The van der Waals surface area contributed by atoms with E-state index in [1.54, 1.807) is 0 Å². The second-order valence-electron chi connectivity index (χ2n) is 1.72. The first-order chi connectivity index (χ1) is 4.61. The van der Waals surface area contributed by atoms with Gasteiger partial charge >= 0.3 is 0 Å². The Morgan fingerprint density at radius 3 is 2.50 bits per heavy atom. The van der Waals surface area contributed by atoms with Gasteiger partial charge in [-0.3, -0.25) is 5.01 Å². The highest BCUT2D eigenvalue weighted by atomic mass is 35.5. The van der Waals surface area contributed by atoms with Crippen LogP contribution < -0.4 is 11.6 Å². The summed E-state index contributed by atoms with van der Waals surface area (Å²) in [7, 11) is 0. The van der Waals surface area contributed by atoms with Crippen LogP contribution in [0.5, 0.6) is 0 Å². The SMILES string of the molecule is NC1=CN(Cl)C(Cl)=CN1N. The van der Waals surface area contributed by atoms with Gasteiger partial charge in [0.05, 0.1) is 12.4 Å². The Balaban J connectivity index is 2.81. The second kappa shape index (κ2) is 2.57. The fourth-order valence-corrected chi connectivity index (χ4v) is 0.786. The minimum Gasteiger partial charge on any atom is -0.383 e. The largest absolute Gasteiger partial charge is 0.383 e. The standard InChI is InChI=1S/C4H6Cl2N4/c5-3-1-10(8)4(7)2-9(3)6/h1-2H,7-8H2. The summed E-state index contributed by atoms with van der Waals surface area (Å²) in [5.41, 5.74) is 5.36. The quantitative estimate of drug-likeness (QED) is 0.323. The van der Waals surface area contributed by atoms with Gasteiger partial charge in [-0.25, -0.2) is 10.3 Å². The lowest BCUT2D eigenvalue weighted by molar-refractivity contribution is 0.449. The van der Waals surface area contributed by atoms with Crippen LogP contribution in [-0.4, -0.2) is 9.43 Å². The summed E-state index contributed by atoms with van der Waals surface area (Å²) in [6.07, 6.45) is 2.81. The zero-order chi connectivity index (χ0) is 7.72. The van der Waals surface area contributed by atoms with Gasteiger partial charge in [0.15, 0.2) is 0 Å². The molecule has 0 saturated heterocycles. The van der Waals surface area contributed by atoms with Gasteiger partial charge in [0.2, 0.25) is 0 Å². The third-order valence-electron chi connectivity index (χ3n) is 0.993. The van der Waals surface area contributed by atoms with Crippen LogP contribution in [0, 0.1) is 0 Å². The van der Waals surface area contributed by atoms with E-state index in [-0.39, 0.29) is 0 Å². The van der Waals surface area contributed by atoms with Crippen molar-refractivity contribution in [2.24, 2.45) is 11.6 Å². The first-order valence-electron chi connectivity index (χ1n) is 2.45. The van der Waals surface area contributed by atoms with Gasteiger partial charge in [0.25, 0.3) is 0 Å². The molecule has 0 bridgehead atoms. The summed E-state index contributed by atoms with van der Waals surface area (Å²) in [4.78, 5) is 0. The first-order valence-corrected chi connectivity index (χ1v) is 3.16. The number of nitrogens with two attached hydrogens (primary N) is 2. The van der Waals surface area contributed by atoms with Gasteiger partial charge in [-0.05, 0) is 0 Å². The maximum atomic E-state index is 5.56. The summed E-state index contributed by atoms with van der Waals surface area (Å²) >= 11 is 11.1. The monoisotopic (exact) mass is 180 g/mol. The van der Waals surface area contributed by atoms with Gasteiger partial charge in [-0.2, -0.15) is 0 Å². The van der Waals surface area contributed by atoms with E-state index in [0.717, 1.165) is 4.42 Å². The van der Waals surface area contributed by atoms with Crippen LogP contribution in [0.2, 0.25) is 0 Å². The Morgan fingerprint density at radius 2 is 2.00 bits per heavy atom. The van der Waals surface area contributed by atoms with Crippen molar-refractivity contribution in [1.82, 2.24) is 9.43 Å². The molecule has 6 heteroatoms. The molecule has 0 saturated carbocycles. The number of hydrazine groups is 1. The first kappa shape index (κ1) is 7.53. The van der Waals surface area contributed by atoms with Gasteiger partial charge in [-0.1, -0.05) is 11.6 Å². The molecule has 0 radical (unpaired) electrons. The third-order valence-corrected chi connectivity index (χ3v) is 1.64. The molecule has 1 rings (SSSR count). The van der Waals surface area contributed by atoms with Crippen LogP contribution in [0.3, 0.4) is 0 Å². The molecule has 0 spiro atoms. The molecular weight excluding hydrogens is 175 g/mol. The molecule has 1 heterocycles. The maximum Gasteiger partial charge on any atom is 0.141 e. The smallest absolute Gasteiger partial charge is 0.141 e. The molecule has 0 aromatic rings. The Bertz CT molecular complexity index is 177. The molecule has 56 valence electrons. The van der Waals surface area contributed by atoms with Crippen LogP contribution >= 0.6 is 23.4 Å². The van der Waals surface area contributed by atoms with Crippen molar-refractivity contribution in [3.8, 4) is 0 Å². The molecule has 10 heavy (non-hydrogen) atoms. The number of halogens is 2. The van der Waals surface area contributed by atoms with Crippen molar-refractivity contribution >= 4 is 23.4 Å². The predicted octanol–water partition coefficient (Wildman–Crippen LogP) is 0.427. The van der Waals surface area contributed by atoms with E-state index in [1.807, 2.05) is 0 Å². The molecule has 0 aromatic carbocycles. The molecule has 0 aliphatic carbocycles. The van der Waals surface area contributed by atoms with Crippen molar-refractivity contribution in [1.29, 1.82) is 0 Å². The molecule has 1 aliphatic rings. The molecule has 0 amide bonds. The lowest BCUT2D eigenvalue weighted by Crippen LogP contribution is -2.33. The highest BCUT2D eigenvalue weighted by molar-refractivity contribution is 6.33. The van der Waals surface area contributed by atoms with Crippen LogP contribution in [-0.2, 0) is 0 Å². The summed E-state index contributed by atoms with van der Waals surface area (Å²) in [5.74, 6) is 5.66. The zero-order valence-corrected chi connectivity index (χ0v) is 6.47. The zero-order valence-electron chi connectivity index (χ0n) is 4.96. The highest BCUT2D eigenvalue weighted by Crippen LogP contribution is 2.18. The number of hydrogen-bond donors (Lipinski definition) is 2. The van der Waals surface area contributed by atoms with Gasteiger partial charge in [-0.15, -0.1) is 0 Å². The molecule has 0 unspecified atom stereocenters. The Labute approximate surface area is 68.3 Å². The van der Waals surface area contributed by atoms with Crippen LogP contribution in [0.4, 0.5) is 0 Å². The summed E-state index contributed by atoms with van der Waals surface area (Å²) in [6, 6.07) is 0. The van der Waals surface area contributed by atoms with E-state index in [0.29, 0.717) is 11.0 Å². The normalized spacial score (nSPS) is 18.7. The van der Waals surface area contributed by atoms with Gasteiger partial charge in [0.1, 0.15) is 11.0 Å². The lowest BCUT2D eigenvalue weighted by atomic mass is 10.6. The van der Waals surface area contributed by atoms with E-state index in [1.165, 1.54) is 17.4 Å². The highest BCUT2D eigenvalue weighted by Gasteiger charge is 2.11. The van der Waals surface area contributed by atoms with Crippen molar-refractivity contribution in [2.75, 3.05) is 0 Å². The molecule has 0 fully saturated rings. The van der Waals surface area contributed by atoms with E-state index < -0.39 is 0 Å². The topological polar surface area (TPSA) is 58.5 Å². The maximum absolute atomic E-state index is 5.56. The van der Waals surface area contributed by atoms with Crippen molar-refractivity contribution < 1.29 is 0 Å². The number of hydrogen-bond acceptors (Lipinski definition) is 4. The number of nitrogens with zero attached hydrogens (tertiary/aromatic N) is 2. The van der Waals surface area contributed by atoms with E-state index in [2.05, 4.69) is 0 Å². The van der Waals surface area contributed by atoms with Crippen LogP contribution in [0.15, 0.2) is 23.4 Å². The molecule has 0 atom stereocenters. The van der Waals surface area contributed by atoms with Crippen LogP contribution in [0.1, 0.15) is 0 Å². The Kier molecular flexibility index (Phi) is 1.94. The van der Waals surface area contributed by atoms with E-state index in [9.17, 15) is 0 Å². The second-order valence-corrected chi connectivity index (χ2v) is 2.48. The number of rotatable bonds is 0. The Morgan fingerprint density at radius 1 is 1.40 bits per heavy atom. The predicted molar refractivity (Wildman–Crippen MR) is 39.9 cm³/mol. The molecule has 0 aromatic heterocycles. The molecule has 4 nitrogen and oxygen atoms in total. The molecule has 4 N–H and O–H groups in total. The average molecular weight is 181 g/mol. The third kappa shape index (κ3) is 1.29.